The second-order valence-electron chi connectivity index (χ2n) is 5.17. The van der Waals surface area contributed by atoms with Crippen LogP contribution in [0.3, 0.4) is 0 Å². The van der Waals surface area contributed by atoms with E-state index in [9.17, 15) is 14.7 Å². The Kier molecular flexibility index (Phi) is 4.99. The van der Waals surface area contributed by atoms with Gasteiger partial charge in [0.25, 0.3) is 5.91 Å². The van der Waals surface area contributed by atoms with Crippen molar-refractivity contribution >= 4 is 22.6 Å². The Morgan fingerprint density at radius 1 is 1.23 bits per heavy atom. The van der Waals surface area contributed by atoms with Gasteiger partial charge in [-0.05, 0) is 36.2 Å². The number of fused-ring (bicyclic) bond motifs is 1. The quantitative estimate of drug-likeness (QED) is 0.860. The first kappa shape index (κ1) is 15.8. The number of nitrogens with one attached hydrogen (secondary N) is 1. The SMILES string of the molecule is CC[C@@H](C)NC(=O)COc1cc2ccccc2cc1C(=O)O. The van der Waals surface area contributed by atoms with Crippen molar-refractivity contribution in [2.75, 3.05) is 6.61 Å². The van der Waals surface area contributed by atoms with Crippen LogP contribution in [0.15, 0.2) is 36.4 Å². The summed E-state index contributed by atoms with van der Waals surface area (Å²) in [6, 6.07) is 10.7. The molecule has 0 radical (unpaired) electrons. The molecule has 22 heavy (non-hydrogen) atoms. The standard InChI is InChI=1S/C17H19NO4/c1-3-11(2)18-16(19)10-22-15-9-13-7-5-4-6-12(13)8-14(15)17(20)21/h4-9,11H,3,10H2,1-2H3,(H,18,19)(H,20,21)/t11-/m1/s1. The van der Waals surface area contributed by atoms with Crippen LogP contribution in [-0.2, 0) is 4.79 Å². The number of aromatic carboxylic acids is 1. The number of carbonyl (C=O) groups is 2. The van der Waals surface area contributed by atoms with Gasteiger partial charge in [0, 0.05) is 6.04 Å². The fourth-order valence-electron chi connectivity index (χ4n) is 2.07. The molecule has 5 heteroatoms. The summed E-state index contributed by atoms with van der Waals surface area (Å²) in [5.74, 6) is -1.15. The third-order valence-corrected chi connectivity index (χ3v) is 3.46. The fraction of sp³-hybridized carbons (Fsp3) is 0.294. The third-order valence-electron chi connectivity index (χ3n) is 3.46. The van der Waals surface area contributed by atoms with Crippen LogP contribution in [0.25, 0.3) is 10.8 Å². The molecule has 0 saturated carbocycles. The van der Waals surface area contributed by atoms with Crippen molar-refractivity contribution in [1.82, 2.24) is 5.32 Å². The predicted molar refractivity (Wildman–Crippen MR) is 84.3 cm³/mol. The second kappa shape index (κ2) is 6.93. The third kappa shape index (κ3) is 3.75. The smallest absolute Gasteiger partial charge is 0.339 e. The maximum absolute atomic E-state index is 11.7. The molecule has 1 amide bonds. The van der Waals surface area contributed by atoms with Crippen LogP contribution >= 0.6 is 0 Å². The molecule has 0 aliphatic carbocycles. The normalized spacial score (nSPS) is 11.9. The molecule has 1 atom stereocenters. The molecule has 0 aromatic heterocycles. The minimum absolute atomic E-state index is 0.0510. The highest BCUT2D eigenvalue weighted by atomic mass is 16.5. The Bertz CT molecular complexity index is 696. The van der Waals surface area contributed by atoms with Crippen LogP contribution in [0, 0.1) is 0 Å². The van der Waals surface area contributed by atoms with Gasteiger partial charge in [-0.2, -0.15) is 0 Å². The largest absolute Gasteiger partial charge is 0.483 e. The first-order chi connectivity index (χ1) is 10.5. The van der Waals surface area contributed by atoms with Gasteiger partial charge in [-0.25, -0.2) is 4.79 Å². The van der Waals surface area contributed by atoms with Crippen molar-refractivity contribution in [2.24, 2.45) is 0 Å². The number of amides is 1. The molecule has 0 aliphatic heterocycles. The fourth-order valence-corrected chi connectivity index (χ4v) is 2.07. The monoisotopic (exact) mass is 301 g/mol. The summed E-state index contributed by atoms with van der Waals surface area (Å²) in [5, 5.41) is 13.7. The van der Waals surface area contributed by atoms with E-state index in [1.165, 1.54) is 0 Å². The van der Waals surface area contributed by atoms with Gasteiger partial charge in [-0.15, -0.1) is 0 Å². The lowest BCUT2D eigenvalue weighted by Crippen LogP contribution is -2.35. The van der Waals surface area contributed by atoms with Crippen molar-refractivity contribution < 1.29 is 19.4 Å². The molecule has 2 aromatic rings. The average molecular weight is 301 g/mol. The summed E-state index contributed by atoms with van der Waals surface area (Å²) >= 11 is 0. The summed E-state index contributed by atoms with van der Waals surface area (Å²) in [5.41, 5.74) is 0.0510. The molecule has 2 N–H and O–H groups in total. The summed E-state index contributed by atoms with van der Waals surface area (Å²) in [4.78, 5) is 23.1. The van der Waals surface area contributed by atoms with Crippen LogP contribution in [-0.4, -0.2) is 29.6 Å². The molecule has 0 bridgehead atoms. The molecule has 116 valence electrons. The first-order valence-electron chi connectivity index (χ1n) is 7.19. The Hall–Kier alpha value is -2.56. The van der Waals surface area contributed by atoms with E-state index in [0.29, 0.717) is 0 Å². The predicted octanol–water partition coefficient (Wildman–Crippen LogP) is 2.83. The van der Waals surface area contributed by atoms with E-state index in [0.717, 1.165) is 17.2 Å². The van der Waals surface area contributed by atoms with Gasteiger partial charge in [0.15, 0.2) is 6.61 Å². The highest BCUT2D eigenvalue weighted by molar-refractivity contribution is 5.97. The number of rotatable bonds is 6. The Morgan fingerprint density at radius 2 is 1.86 bits per heavy atom. The number of benzene rings is 2. The van der Waals surface area contributed by atoms with Gasteiger partial charge in [0.2, 0.25) is 0 Å². The number of hydrogen-bond acceptors (Lipinski definition) is 3. The molecule has 0 aliphatic rings. The minimum Gasteiger partial charge on any atom is -0.483 e. The van der Waals surface area contributed by atoms with Crippen molar-refractivity contribution in [1.29, 1.82) is 0 Å². The lowest BCUT2D eigenvalue weighted by atomic mass is 10.1. The molecule has 2 aromatic carbocycles. The molecular formula is C17H19NO4. The average Bonchev–Trinajstić information content (AvgIpc) is 2.51. The van der Waals surface area contributed by atoms with Gasteiger partial charge in [0.05, 0.1) is 0 Å². The van der Waals surface area contributed by atoms with Crippen LogP contribution in [0.2, 0.25) is 0 Å². The minimum atomic E-state index is -1.08. The summed E-state index contributed by atoms with van der Waals surface area (Å²) < 4.78 is 5.42. The van der Waals surface area contributed by atoms with Crippen molar-refractivity contribution in [3.63, 3.8) is 0 Å². The van der Waals surface area contributed by atoms with Gasteiger partial charge in [0.1, 0.15) is 11.3 Å². The number of carboxylic acids is 1. The maximum Gasteiger partial charge on any atom is 0.339 e. The highest BCUT2D eigenvalue weighted by Gasteiger charge is 2.14. The molecule has 0 unspecified atom stereocenters. The van der Waals surface area contributed by atoms with E-state index < -0.39 is 5.97 Å². The Labute approximate surface area is 128 Å². The zero-order valence-electron chi connectivity index (χ0n) is 12.6. The molecule has 0 heterocycles. The van der Waals surface area contributed by atoms with Crippen molar-refractivity contribution in [2.45, 2.75) is 26.3 Å². The zero-order chi connectivity index (χ0) is 16.1. The summed E-state index contributed by atoms with van der Waals surface area (Å²) in [6.07, 6.45) is 0.822. The van der Waals surface area contributed by atoms with E-state index in [2.05, 4.69) is 5.32 Å². The molecule has 2 rings (SSSR count). The topological polar surface area (TPSA) is 75.6 Å². The lowest BCUT2D eigenvalue weighted by Gasteiger charge is -2.13. The maximum atomic E-state index is 11.7. The molecule has 0 fully saturated rings. The van der Waals surface area contributed by atoms with E-state index in [1.54, 1.807) is 12.1 Å². The van der Waals surface area contributed by atoms with Gasteiger partial charge in [-0.3, -0.25) is 4.79 Å². The van der Waals surface area contributed by atoms with E-state index in [4.69, 9.17) is 4.74 Å². The summed E-state index contributed by atoms with van der Waals surface area (Å²) in [7, 11) is 0. The van der Waals surface area contributed by atoms with Gasteiger partial charge in [-0.1, -0.05) is 31.2 Å². The van der Waals surface area contributed by atoms with Gasteiger partial charge >= 0.3 is 5.97 Å². The second-order valence-corrected chi connectivity index (χ2v) is 5.17. The molecule has 0 spiro atoms. The van der Waals surface area contributed by atoms with E-state index in [-0.39, 0.29) is 29.9 Å². The molecular weight excluding hydrogens is 282 g/mol. The molecule has 0 saturated heterocycles. The van der Waals surface area contributed by atoms with Crippen LogP contribution in [0.5, 0.6) is 5.75 Å². The molecule has 5 nitrogen and oxygen atoms in total. The number of hydrogen-bond donors (Lipinski definition) is 2. The lowest BCUT2D eigenvalue weighted by molar-refractivity contribution is -0.123. The van der Waals surface area contributed by atoms with Crippen molar-refractivity contribution in [3.05, 3.63) is 42.0 Å². The van der Waals surface area contributed by atoms with Gasteiger partial charge < -0.3 is 15.2 Å². The number of carbonyl (C=O) groups excluding carboxylic acids is 1. The Balaban J connectivity index is 2.20. The van der Waals surface area contributed by atoms with Crippen molar-refractivity contribution in [3.8, 4) is 5.75 Å². The first-order valence-corrected chi connectivity index (χ1v) is 7.19. The van der Waals surface area contributed by atoms with Crippen LogP contribution < -0.4 is 10.1 Å². The number of ether oxygens (including phenoxy) is 1. The number of carboxylic acid groups (broad SMARTS) is 1. The van der Waals surface area contributed by atoms with E-state index in [1.807, 2.05) is 38.1 Å². The summed E-state index contributed by atoms with van der Waals surface area (Å²) in [6.45, 7) is 3.66. The zero-order valence-corrected chi connectivity index (χ0v) is 12.6. The van der Waals surface area contributed by atoms with Crippen LogP contribution in [0.1, 0.15) is 30.6 Å². The Morgan fingerprint density at radius 3 is 2.45 bits per heavy atom. The highest BCUT2D eigenvalue weighted by Crippen LogP contribution is 2.26. The van der Waals surface area contributed by atoms with E-state index >= 15 is 0 Å². The van der Waals surface area contributed by atoms with Crippen LogP contribution in [0.4, 0.5) is 0 Å².